The third-order valence-electron chi connectivity index (χ3n) is 3.18. The van der Waals surface area contributed by atoms with Gasteiger partial charge in [-0.15, -0.1) is 0 Å². The highest BCUT2D eigenvalue weighted by Crippen LogP contribution is 2.20. The molecule has 23 heavy (non-hydrogen) atoms. The van der Waals surface area contributed by atoms with E-state index in [0.29, 0.717) is 4.47 Å². The van der Waals surface area contributed by atoms with Crippen molar-refractivity contribution < 1.29 is 17.6 Å². The normalized spacial score (nSPS) is 11.3. The number of benzene rings is 2. The Bertz CT molecular complexity index is 820. The molecule has 0 spiro atoms. The van der Waals surface area contributed by atoms with E-state index in [1.165, 1.54) is 24.3 Å². The minimum absolute atomic E-state index is 0.0194. The maximum atomic E-state index is 13.6. The molecule has 122 valence electrons. The van der Waals surface area contributed by atoms with E-state index < -0.39 is 21.6 Å². The lowest BCUT2D eigenvalue weighted by molar-refractivity contribution is -0.115. The van der Waals surface area contributed by atoms with Gasteiger partial charge in [0.2, 0.25) is 5.91 Å². The molecule has 4 nitrogen and oxygen atoms in total. The fourth-order valence-corrected chi connectivity index (χ4v) is 3.47. The predicted octanol–water partition coefficient (Wildman–Crippen LogP) is 3.70. The fraction of sp³-hybridized carbons (Fsp3) is 0.188. The van der Waals surface area contributed by atoms with Crippen LogP contribution in [0, 0.1) is 12.7 Å². The van der Waals surface area contributed by atoms with Crippen molar-refractivity contribution in [1.82, 2.24) is 0 Å². The van der Waals surface area contributed by atoms with Gasteiger partial charge in [-0.1, -0.05) is 33.6 Å². The smallest absolute Gasteiger partial charge is 0.225 e. The van der Waals surface area contributed by atoms with Crippen molar-refractivity contribution in [2.75, 3.05) is 11.1 Å². The van der Waals surface area contributed by atoms with Gasteiger partial charge in [0.05, 0.1) is 16.3 Å². The molecule has 0 atom stereocenters. The second-order valence-corrected chi connectivity index (χ2v) is 8.08. The Hall–Kier alpha value is -1.73. The molecular formula is C16H15BrFNO3S. The highest BCUT2D eigenvalue weighted by molar-refractivity contribution is 9.10. The monoisotopic (exact) mass is 399 g/mol. The molecule has 0 saturated carbocycles. The predicted molar refractivity (Wildman–Crippen MR) is 90.6 cm³/mol. The summed E-state index contributed by atoms with van der Waals surface area (Å²) < 4.78 is 38.5. The first-order valence-electron chi connectivity index (χ1n) is 6.82. The van der Waals surface area contributed by atoms with Gasteiger partial charge < -0.3 is 5.32 Å². The van der Waals surface area contributed by atoms with Gasteiger partial charge in [-0.2, -0.15) is 0 Å². The van der Waals surface area contributed by atoms with E-state index in [4.69, 9.17) is 0 Å². The van der Waals surface area contributed by atoms with Crippen molar-refractivity contribution >= 4 is 37.4 Å². The zero-order valence-corrected chi connectivity index (χ0v) is 14.7. The van der Waals surface area contributed by atoms with Crippen LogP contribution < -0.4 is 5.32 Å². The standard InChI is InChI=1S/C16H15BrFNO3S/c1-11-2-5-13(6-3-11)23(21,22)9-8-16(20)19-15-7-4-12(17)10-14(15)18/h2-7,10H,8-9H2,1H3,(H,19,20). The maximum absolute atomic E-state index is 13.6. The number of rotatable bonds is 5. The number of carbonyl (C=O) groups is 1. The summed E-state index contributed by atoms with van der Waals surface area (Å²) in [6.45, 7) is 1.86. The van der Waals surface area contributed by atoms with Gasteiger partial charge in [0.25, 0.3) is 0 Å². The molecule has 2 aromatic carbocycles. The number of sulfone groups is 1. The average Bonchev–Trinajstić information content (AvgIpc) is 2.49. The van der Waals surface area contributed by atoms with E-state index in [1.54, 1.807) is 18.2 Å². The lowest BCUT2D eigenvalue weighted by atomic mass is 10.2. The van der Waals surface area contributed by atoms with Crippen molar-refractivity contribution in [1.29, 1.82) is 0 Å². The Morgan fingerprint density at radius 2 is 1.83 bits per heavy atom. The van der Waals surface area contributed by atoms with Gasteiger partial charge in [-0.05, 0) is 37.3 Å². The molecule has 0 aromatic heterocycles. The van der Waals surface area contributed by atoms with Crippen LogP contribution in [0.15, 0.2) is 51.8 Å². The first kappa shape index (κ1) is 17.6. The molecule has 0 heterocycles. The number of carbonyl (C=O) groups excluding carboxylic acids is 1. The van der Waals surface area contributed by atoms with Gasteiger partial charge in [0, 0.05) is 10.9 Å². The summed E-state index contributed by atoms with van der Waals surface area (Å²) in [6, 6.07) is 10.6. The van der Waals surface area contributed by atoms with E-state index in [1.807, 2.05) is 6.92 Å². The third kappa shape index (κ3) is 4.87. The molecule has 2 aromatic rings. The molecule has 0 saturated heterocycles. The van der Waals surface area contributed by atoms with Gasteiger partial charge in [-0.25, -0.2) is 12.8 Å². The largest absolute Gasteiger partial charge is 0.324 e. The fourth-order valence-electron chi connectivity index (χ4n) is 1.89. The Morgan fingerprint density at radius 3 is 2.43 bits per heavy atom. The van der Waals surface area contributed by atoms with Crippen molar-refractivity contribution in [3.05, 3.63) is 58.3 Å². The quantitative estimate of drug-likeness (QED) is 0.833. The maximum Gasteiger partial charge on any atom is 0.225 e. The second kappa shape index (κ2) is 7.23. The Kier molecular flexibility index (Phi) is 5.54. The summed E-state index contributed by atoms with van der Waals surface area (Å²) in [5.74, 6) is -1.48. The molecule has 7 heteroatoms. The zero-order chi connectivity index (χ0) is 17.0. The molecule has 1 N–H and O–H groups in total. The highest BCUT2D eigenvalue weighted by Gasteiger charge is 2.17. The van der Waals surface area contributed by atoms with Crippen LogP contribution in [0.2, 0.25) is 0 Å². The van der Waals surface area contributed by atoms with Crippen molar-refractivity contribution in [2.45, 2.75) is 18.2 Å². The SMILES string of the molecule is Cc1ccc(S(=O)(=O)CCC(=O)Nc2ccc(Br)cc2F)cc1. The lowest BCUT2D eigenvalue weighted by Gasteiger charge is -2.08. The second-order valence-electron chi connectivity index (χ2n) is 5.05. The van der Waals surface area contributed by atoms with E-state index in [2.05, 4.69) is 21.2 Å². The van der Waals surface area contributed by atoms with Crippen LogP contribution in [0.5, 0.6) is 0 Å². The van der Waals surface area contributed by atoms with Crippen LogP contribution in [0.4, 0.5) is 10.1 Å². The van der Waals surface area contributed by atoms with Crippen LogP contribution in [-0.2, 0) is 14.6 Å². The Morgan fingerprint density at radius 1 is 1.17 bits per heavy atom. The zero-order valence-electron chi connectivity index (χ0n) is 12.3. The third-order valence-corrected chi connectivity index (χ3v) is 5.41. The molecule has 0 aliphatic rings. The van der Waals surface area contributed by atoms with Crippen molar-refractivity contribution in [3.8, 4) is 0 Å². The molecule has 1 amide bonds. The van der Waals surface area contributed by atoms with Gasteiger partial charge in [0.1, 0.15) is 5.82 Å². The lowest BCUT2D eigenvalue weighted by Crippen LogP contribution is -2.18. The molecule has 0 unspecified atom stereocenters. The number of aryl methyl sites for hydroxylation is 1. The first-order valence-corrected chi connectivity index (χ1v) is 9.27. The summed E-state index contributed by atoms with van der Waals surface area (Å²) in [5.41, 5.74) is 0.971. The van der Waals surface area contributed by atoms with Crippen LogP contribution in [0.3, 0.4) is 0 Å². The topological polar surface area (TPSA) is 63.2 Å². The number of halogens is 2. The molecule has 2 rings (SSSR count). The van der Waals surface area contributed by atoms with Crippen molar-refractivity contribution in [2.24, 2.45) is 0 Å². The van der Waals surface area contributed by atoms with E-state index in [0.717, 1.165) is 5.56 Å². The van der Waals surface area contributed by atoms with Crippen molar-refractivity contribution in [3.63, 3.8) is 0 Å². The van der Waals surface area contributed by atoms with Crippen LogP contribution in [0.25, 0.3) is 0 Å². The number of hydrogen-bond donors (Lipinski definition) is 1. The number of anilines is 1. The van der Waals surface area contributed by atoms with E-state index in [-0.39, 0.29) is 22.8 Å². The molecule has 0 bridgehead atoms. The Labute approximate surface area is 142 Å². The number of hydrogen-bond acceptors (Lipinski definition) is 3. The van der Waals surface area contributed by atoms with Gasteiger partial charge >= 0.3 is 0 Å². The summed E-state index contributed by atoms with van der Waals surface area (Å²) in [7, 11) is -3.54. The molecule has 0 aliphatic carbocycles. The first-order chi connectivity index (χ1) is 10.8. The minimum atomic E-state index is -3.54. The summed E-state index contributed by atoms with van der Waals surface area (Å²) >= 11 is 3.12. The number of nitrogens with one attached hydrogen (secondary N) is 1. The van der Waals surface area contributed by atoms with Crippen LogP contribution >= 0.6 is 15.9 Å². The number of amides is 1. The van der Waals surface area contributed by atoms with E-state index in [9.17, 15) is 17.6 Å². The molecule has 0 fully saturated rings. The Balaban J connectivity index is 1.99. The highest BCUT2D eigenvalue weighted by atomic mass is 79.9. The summed E-state index contributed by atoms with van der Waals surface area (Å²) in [5, 5.41) is 2.37. The van der Waals surface area contributed by atoms with Crippen LogP contribution in [0.1, 0.15) is 12.0 Å². The van der Waals surface area contributed by atoms with E-state index >= 15 is 0 Å². The minimum Gasteiger partial charge on any atom is -0.324 e. The van der Waals surface area contributed by atoms with Gasteiger partial charge in [-0.3, -0.25) is 4.79 Å². The summed E-state index contributed by atoms with van der Waals surface area (Å²) in [4.78, 5) is 12.0. The molecular weight excluding hydrogens is 385 g/mol. The van der Waals surface area contributed by atoms with Crippen LogP contribution in [-0.4, -0.2) is 20.1 Å². The molecule has 0 aliphatic heterocycles. The summed E-state index contributed by atoms with van der Waals surface area (Å²) in [6.07, 6.45) is -0.244. The van der Waals surface area contributed by atoms with Gasteiger partial charge in [0.15, 0.2) is 9.84 Å². The molecule has 0 radical (unpaired) electrons. The average molecular weight is 400 g/mol.